The fourth-order valence-corrected chi connectivity index (χ4v) is 3.70. The number of benzene rings is 2. The molecule has 9 heteroatoms. The van der Waals surface area contributed by atoms with Gasteiger partial charge in [0.1, 0.15) is 5.82 Å². The van der Waals surface area contributed by atoms with E-state index in [2.05, 4.69) is 21.6 Å². The normalized spacial score (nSPS) is 10.8. The van der Waals surface area contributed by atoms with Crippen LogP contribution in [-0.2, 0) is 11.3 Å². The average molecular weight is 434 g/mol. The molecule has 2 aromatic carbocycles. The number of halogens is 2. The summed E-state index contributed by atoms with van der Waals surface area (Å²) in [5, 5.41) is 11.9. The maximum absolute atomic E-state index is 13.2. The maximum atomic E-state index is 13.2. The summed E-state index contributed by atoms with van der Waals surface area (Å²) in [4.78, 5) is 14.3. The lowest BCUT2D eigenvalue weighted by Gasteiger charge is -2.14. The zero-order valence-electron chi connectivity index (χ0n) is 16.3. The van der Waals surface area contributed by atoms with Gasteiger partial charge in [-0.1, -0.05) is 35.5 Å². The average Bonchev–Trinajstić information content (AvgIpc) is 3.12. The topological polar surface area (TPSA) is 63.1 Å². The zero-order valence-corrected chi connectivity index (χ0v) is 17.9. The number of nitrogens with zero attached hydrogens (tertiary/aromatic N) is 4. The van der Waals surface area contributed by atoms with E-state index < -0.39 is 5.82 Å². The van der Waals surface area contributed by atoms with Crippen molar-refractivity contribution in [1.29, 1.82) is 0 Å². The van der Waals surface area contributed by atoms with Gasteiger partial charge in [0.25, 0.3) is 0 Å². The second-order valence-corrected chi connectivity index (χ2v) is 7.81. The Morgan fingerprint density at radius 2 is 2.03 bits per heavy atom. The van der Waals surface area contributed by atoms with Crippen molar-refractivity contribution in [3.63, 3.8) is 0 Å². The number of hydrogen-bond acceptors (Lipinski definition) is 5. The van der Waals surface area contributed by atoms with Gasteiger partial charge in [-0.05, 0) is 37.3 Å². The highest BCUT2D eigenvalue weighted by Crippen LogP contribution is 2.27. The van der Waals surface area contributed by atoms with Crippen LogP contribution >= 0.6 is 23.4 Å². The van der Waals surface area contributed by atoms with Crippen LogP contribution in [0.3, 0.4) is 0 Å². The number of thioether (sulfide) groups is 1. The van der Waals surface area contributed by atoms with E-state index in [0.717, 1.165) is 17.1 Å². The molecule has 0 atom stereocenters. The van der Waals surface area contributed by atoms with Gasteiger partial charge in [-0.15, -0.1) is 10.2 Å². The Bertz CT molecular complexity index is 1020. The van der Waals surface area contributed by atoms with Crippen LogP contribution in [0.5, 0.6) is 0 Å². The zero-order chi connectivity index (χ0) is 21.0. The van der Waals surface area contributed by atoms with E-state index >= 15 is 0 Å². The summed E-state index contributed by atoms with van der Waals surface area (Å²) in [6, 6.07) is 12.1. The van der Waals surface area contributed by atoms with Crippen LogP contribution in [0.1, 0.15) is 6.92 Å². The molecule has 1 N–H and O–H groups in total. The molecule has 0 aliphatic rings. The molecule has 6 nitrogen and oxygen atoms in total. The van der Waals surface area contributed by atoms with Crippen LogP contribution < -0.4 is 10.2 Å². The Labute approximate surface area is 178 Å². The minimum absolute atomic E-state index is 0.0363. The Hall–Kier alpha value is -2.58. The number of amides is 1. The first-order valence-corrected chi connectivity index (χ1v) is 10.3. The number of aromatic nitrogens is 3. The summed E-state index contributed by atoms with van der Waals surface area (Å²) in [6.07, 6.45) is 0. The second-order valence-electron chi connectivity index (χ2n) is 6.46. The van der Waals surface area contributed by atoms with E-state index in [1.165, 1.54) is 30.0 Å². The van der Waals surface area contributed by atoms with Gasteiger partial charge in [-0.3, -0.25) is 4.79 Å². The Balaban J connectivity index is 1.71. The minimum atomic E-state index is -0.527. The minimum Gasteiger partial charge on any atom is -0.378 e. The first kappa shape index (κ1) is 21.1. The van der Waals surface area contributed by atoms with Crippen molar-refractivity contribution in [1.82, 2.24) is 14.8 Å². The third-order valence-corrected chi connectivity index (χ3v) is 5.45. The van der Waals surface area contributed by atoms with Crippen LogP contribution in [-0.4, -0.2) is 40.5 Å². The number of anilines is 2. The standard InChI is InChI=1S/C20H21ClFN5OS/c1-4-27-19(13-6-5-7-15(10-13)26(2)3)24-25-20(27)29-12-18(28)23-14-8-9-17(22)16(21)11-14/h5-11H,4,12H2,1-3H3,(H,23,28). The summed E-state index contributed by atoms with van der Waals surface area (Å²) in [5.74, 6) is 0.134. The van der Waals surface area contributed by atoms with Gasteiger partial charge in [-0.25, -0.2) is 4.39 Å². The van der Waals surface area contributed by atoms with Gasteiger partial charge in [0, 0.05) is 37.6 Å². The van der Waals surface area contributed by atoms with Gasteiger partial charge in [-0.2, -0.15) is 0 Å². The van der Waals surface area contributed by atoms with E-state index in [1.807, 2.05) is 48.7 Å². The Morgan fingerprint density at radius 1 is 1.24 bits per heavy atom. The molecule has 1 aromatic heterocycles. The van der Waals surface area contributed by atoms with Crippen molar-refractivity contribution in [3.8, 4) is 11.4 Å². The van der Waals surface area contributed by atoms with Crippen molar-refractivity contribution in [3.05, 3.63) is 53.3 Å². The molecule has 0 radical (unpaired) electrons. The van der Waals surface area contributed by atoms with E-state index in [4.69, 9.17) is 11.6 Å². The first-order chi connectivity index (χ1) is 13.9. The van der Waals surface area contributed by atoms with Crippen LogP contribution in [0.25, 0.3) is 11.4 Å². The highest BCUT2D eigenvalue weighted by atomic mass is 35.5. The molecule has 1 amide bonds. The molecule has 29 heavy (non-hydrogen) atoms. The van der Waals surface area contributed by atoms with Crippen molar-refractivity contribution < 1.29 is 9.18 Å². The predicted octanol–water partition coefficient (Wildman–Crippen LogP) is 4.55. The molecule has 1 heterocycles. The van der Waals surface area contributed by atoms with Crippen molar-refractivity contribution in [2.24, 2.45) is 0 Å². The van der Waals surface area contributed by atoms with E-state index in [9.17, 15) is 9.18 Å². The summed E-state index contributed by atoms with van der Waals surface area (Å²) < 4.78 is 15.2. The molecule has 152 valence electrons. The number of nitrogens with one attached hydrogen (secondary N) is 1. The lowest BCUT2D eigenvalue weighted by Crippen LogP contribution is -2.14. The van der Waals surface area contributed by atoms with Gasteiger partial charge in [0.05, 0.1) is 10.8 Å². The number of carbonyl (C=O) groups excluding carboxylic acids is 1. The summed E-state index contributed by atoms with van der Waals surface area (Å²) in [5.41, 5.74) is 2.47. The first-order valence-electron chi connectivity index (χ1n) is 8.97. The predicted molar refractivity (Wildman–Crippen MR) is 116 cm³/mol. The molecule has 0 aliphatic heterocycles. The molecular weight excluding hydrogens is 413 g/mol. The fourth-order valence-electron chi connectivity index (χ4n) is 2.72. The maximum Gasteiger partial charge on any atom is 0.234 e. The second kappa shape index (κ2) is 9.28. The molecular formula is C20H21ClFN5OS. The monoisotopic (exact) mass is 433 g/mol. The molecule has 0 aliphatic carbocycles. The third-order valence-electron chi connectivity index (χ3n) is 4.19. The molecule has 3 rings (SSSR count). The van der Waals surface area contributed by atoms with E-state index in [0.29, 0.717) is 17.4 Å². The lowest BCUT2D eigenvalue weighted by molar-refractivity contribution is -0.113. The summed E-state index contributed by atoms with van der Waals surface area (Å²) in [7, 11) is 3.97. The van der Waals surface area contributed by atoms with Crippen LogP contribution in [0.2, 0.25) is 5.02 Å². The molecule has 0 bridgehead atoms. The molecule has 0 saturated carbocycles. The molecule has 0 spiro atoms. The molecule has 0 fully saturated rings. The largest absolute Gasteiger partial charge is 0.378 e. The summed E-state index contributed by atoms with van der Waals surface area (Å²) in [6.45, 7) is 2.68. The quantitative estimate of drug-likeness (QED) is 0.553. The van der Waals surface area contributed by atoms with Gasteiger partial charge < -0.3 is 14.8 Å². The number of carbonyl (C=O) groups is 1. The summed E-state index contributed by atoms with van der Waals surface area (Å²) >= 11 is 7.04. The van der Waals surface area contributed by atoms with Crippen LogP contribution in [0, 0.1) is 5.82 Å². The van der Waals surface area contributed by atoms with Gasteiger partial charge in [0.15, 0.2) is 11.0 Å². The molecule has 3 aromatic rings. The van der Waals surface area contributed by atoms with E-state index in [-0.39, 0.29) is 16.7 Å². The molecule has 0 unspecified atom stereocenters. The van der Waals surface area contributed by atoms with E-state index in [1.54, 1.807) is 0 Å². The number of hydrogen-bond donors (Lipinski definition) is 1. The highest BCUT2D eigenvalue weighted by molar-refractivity contribution is 7.99. The van der Waals surface area contributed by atoms with Crippen molar-refractivity contribution >= 4 is 40.6 Å². The Morgan fingerprint density at radius 3 is 2.72 bits per heavy atom. The van der Waals surface area contributed by atoms with Crippen molar-refractivity contribution in [2.75, 3.05) is 30.1 Å². The lowest BCUT2D eigenvalue weighted by atomic mass is 10.2. The number of rotatable bonds is 7. The van der Waals surface area contributed by atoms with Crippen LogP contribution in [0.4, 0.5) is 15.8 Å². The Kier molecular flexibility index (Phi) is 6.76. The molecule has 0 saturated heterocycles. The van der Waals surface area contributed by atoms with Crippen molar-refractivity contribution in [2.45, 2.75) is 18.6 Å². The van der Waals surface area contributed by atoms with Gasteiger partial charge in [0.2, 0.25) is 5.91 Å². The van der Waals surface area contributed by atoms with Crippen LogP contribution in [0.15, 0.2) is 47.6 Å². The smallest absolute Gasteiger partial charge is 0.234 e. The third kappa shape index (κ3) is 5.07. The fraction of sp³-hybridized carbons (Fsp3) is 0.250. The highest BCUT2D eigenvalue weighted by Gasteiger charge is 2.15. The SMILES string of the molecule is CCn1c(SCC(=O)Nc2ccc(F)c(Cl)c2)nnc1-c1cccc(N(C)C)c1. The van der Waals surface area contributed by atoms with Gasteiger partial charge >= 0.3 is 0 Å².